The number of hydrogen-bond acceptors (Lipinski definition) is 4. The Morgan fingerprint density at radius 2 is 1.91 bits per heavy atom. The minimum Gasteiger partial charge on any atom is -0.357 e. The molecule has 0 bridgehead atoms. The lowest BCUT2D eigenvalue weighted by Gasteiger charge is -2.16. The molecule has 1 aliphatic rings. The molecule has 2 amide bonds. The van der Waals surface area contributed by atoms with Gasteiger partial charge >= 0.3 is 6.03 Å². The second kappa shape index (κ2) is 7.28. The van der Waals surface area contributed by atoms with Gasteiger partial charge in [0.25, 0.3) is 0 Å². The van der Waals surface area contributed by atoms with Crippen molar-refractivity contribution < 1.29 is 4.79 Å². The van der Waals surface area contributed by atoms with Gasteiger partial charge in [-0.05, 0) is 43.2 Å². The molecule has 0 unspecified atom stereocenters. The van der Waals surface area contributed by atoms with Gasteiger partial charge in [-0.3, -0.25) is 0 Å². The first-order chi connectivity index (χ1) is 11.2. The third-order valence-corrected chi connectivity index (χ3v) is 3.88. The first kappa shape index (κ1) is 15.6. The van der Waals surface area contributed by atoms with Gasteiger partial charge in [0.15, 0.2) is 0 Å². The summed E-state index contributed by atoms with van der Waals surface area (Å²) in [4.78, 5) is 22.8. The van der Waals surface area contributed by atoms with Crippen molar-refractivity contribution in [2.45, 2.75) is 19.4 Å². The summed E-state index contributed by atoms with van der Waals surface area (Å²) >= 11 is 5.81. The van der Waals surface area contributed by atoms with E-state index >= 15 is 0 Å². The van der Waals surface area contributed by atoms with Gasteiger partial charge in [0.1, 0.15) is 11.6 Å². The van der Waals surface area contributed by atoms with E-state index in [9.17, 15) is 4.79 Å². The Morgan fingerprint density at radius 3 is 2.65 bits per heavy atom. The molecule has 7 heteroatoms. The van der Waals surface area contributed by atoms with Crippen LogP contribution in [-0.2, 0) is 6.54 Å². The zero-order valence-electron chi connectivity index (χ0n) is 12.6. The molecule has 2 aromatic rings. The van der Waals surface area contributed by atoms with Crippen LogP contribution in [0, 0.1) is 0 Å². The molecule has 0 radical (unpaired) electrons. The summed E-state index contributed by atoms with van der Waals surface area (Å²) in [6.07, 6.45) is 4.12. The third-order valence-electron chi connectivity index (χ3n) is 3.63. The molecule has 2 heterocycles. The quantitative estimate of drug-likeness (QED) is 0.903. The molecule has 2 N–H and O–H groups in total. The Kier molecular flexibility index (Phi) is 4.92. The Balaban J connectivity index is 1.54. The lowest BCUT2D eigenvalue weighted by atomic mass is 10.3. The molecular formula is C16H18ClN5O. The number of nitrogens with one attached hydrogen (secondary N) is 2. The average Bonchev–Trinajstić information content (AvgIpc) is 3.10. The summed E-state index contributed by atoms with van der Waals surface area (Å²) in [6.45, 7) is 2.34. The van der Waals surface area contributed by atoms with E-state index in [0.717, 1.165) is 18.9 Å². The van der Waals surface area contributed by atoms with E-state index in [1.807, 2.05) is 6.07 Å². The molecule has 0 atom stereocenters. The fraction of sp³-hybridized carbons (Fsp3) is 0.312. The van der Waals surface area contributed by atoms with E-state index in [4.69, 9.17) is 11.6 Å². The number of anilines is 2. The van der Waals surface area contributed by atoms with Crippen LogP contribution in [0.2, 0.25) is 5.02 Å². The summed E-state index contributed by atoms with van der Waals surface area (Å²) in [5.74, 6) is 1.52. The summed E-state index contributed by atoms with van der Waals surface area (Å²) in [5, 5.41) is 6.12. The molecule has 1 fully saturated rings. The van der Waals surface area contributed by atoms with Crippen LogP contribution in [0.15, 0.2) is 36.5 Å². The number of rotatable bonds is 4. The van der Waals surface area contributed by atoms with Gasteiger partial charge in [0.2, 0.25) is 0 Å². The Morgan fingerprint density at radius 1 is 1.17 bits per heavy atom. The molecule has 3 rings (SSSR count). The van der Waals surface area contributed by atoms with Crippen molar-refractivity contribution >= 4 is 29.1 Å². The highest BCUT2D eigenvalue weighted by atomic mass is 35.5. The van der Waals surface area contributed by atoms with Crippen LogP contribution in [0.5, 0.6) is 0 Å². The van der Waals surface area contributed by atoms with Gasteiger partial charge in [0.05, 0.1) is 6.54 Å². The molecular weight excluding hydrogens is 314 g/mol. The van der Waals surface area contributed by atoms with Gasteiger partial charge in [-0.1, -0.05) is 11.6 Å². The second-order valence-corrected chi connectivity index (χ2v) is 5.78. The number of nitrogens with zero attached hydrogens (tertiary/aromatic N) is 3. The Bertz CT molecular complexity index is 670. The number of aromatic nitrogens is 2. The van der Waals surface area contributed by atoms with Crippen LogP contribution < -0.4 is 15.5 Å². The Labute approximate surface area is 139 Å². The SMILES string of the molecule is O=C(NCc1nccc(N2CCCC2)n1)Nc1ccc(Cl)cc1. The number of amides is 2. The van der Waals surface area contributed by atoms with Crippen molar-refractivity contribution in [3.8, 4) is 0 Å². The standard InChI is InChI=1S/C16H18ClN5O/c17-12-3-5-13(6-4-12)20-16(23)19-11-14-18-8-7-15(21-14)22-9-1-2-10-22/h3-8H,1-2,9-11H2,(H2,19,20,23). The van der Waals surface area contributed by atoms with Crippen molar-refractivity contribution in [1.29, 1.82) is 0 Å². The maximum atomic E-state index is 11.9. The lowest BCUT2D eigenvalue weighted by Crippen LogP contribution is -2.29. The summed E-state index contributed by atoms with van der Waals surface area (Å²) < 4.78 is 0. The van der Waals surface area contributed by atoms with Gasteiger partial charge in [0, 0.05) is 30.0 Å². The van der Waals surface area contributed by atoms with Gasteiger partial charge in [-0.25, -0.2) is 14.8 Å². The predicted molar refractivity (Wildman–Crippen MR) is 90.8 cm³/mol. The van der Waals surface area contributed by atoms with Crippen LogP contribution in [-0.4, -0.2) is 29.1 Å². The summed E-state index contributed by atoms with van der Waals surface area (Å²) in [7, 11) is 0. The van der Waals surface area contributed by atoms with Crippen molar-refractivity contribution in [1.82, 2.24) is 15.3 Å². The molecule has 0 spiro atoms. The van der Waals surface area contributed by atoms with Gasteiger partial charge in [-0.15, -0.1) is 0 Å². The molecule has 1 aromatic carbocycles. The molecule has 0 saturated carbocycles. The monoisotopic (exact) mass is 331 g/mol. The molecule has 23 heavy (non-hydrogen) atoms. The van der Waals surface area contributed by atoms with Crippen molar-refractivity contribution in [3.05, 3.63) is 47.4 Å². The van der Waals surface area contributed by atoms with E-state index in [2.05, 4.69) is 25.5 Å². The van der Waals surface area contributed by atoms with Crippen LogP contribution in [0.1, 0.15) is 18.7 Å². The van der Waals surface area contributed by atoms with E-state index in [-0.39, 0.29) is 12.6 Å². The highest BCUT2D eigenvalue weighted by Gasteiger charge is 2.14. The predicted octanol–water partition coefficient (Wildman–Crippen LogP) is 3.05. The highest BCUT2D eigenvalue weighted by molar-refractivity contribution is 6.30. The van der Waals surface area contributed by atoms with Crippen molar-refractivity contribution in [3.63, 3.8) is 0 Å². The zero-order valence-corrected chi connectivity index (χ0v) is 13.4. The minimum absolute atomic E-state index is 0.279. The van der Waals surface area contributed by atoms with Crippen molar-refractivity contribution in [2.24, 2.45) is 0 Å². The first-order valence-corrected chi connectivity index (χ1v) is 7.96. The zero-order chi connectivity index (χ0) is 16.1. The fourth-order valence-electron chi connectivity index (χ4n) is 2.46. The highest BCUT2D eigenvalue weighted by Crippen LogP contribution is 2.17. The van der Waals surface area contributed by atoms with Gasteiger partial charge in [-0.2, -0.15) is 0 Å². The average molecular weight is 332 g/mol. The molecule has 1 aromatic heterocycles. The fourth-order valence-corrected chi connectivity index (χ4v) is 2.59. The lowest BCUT2D eigenvalue weighted by molar-refractivity contribution is 0.251. The van der Waals surface area contributed by atoms with E-state index < -0.39 is 0 Å². The van der Waals surface area contributed by atoms with E-state index in [1.54, 1.807) is 30.5 Å². The van der Waals surface area contributed by atoms with Crippen LogP contribution in [0.3, 0.4) is 0 Å². The van der Waals surface area contributed by atoms with E-state index in [1.165, 1.54) is 12.8 Å². The second-order valence-electron chi connectivity index (χ2n) is 5.34. The number of urea groups is 1. The number of halogens is 1. The first-order valence-electron chi connectivity index (χ1n) is 7.58. The molecule has 0 aliphatic carbocycles. The maximum absolute atomic E-state index is 11.9. The van der Waals surface area contributed by atoms with Crippen molar-refractivity contribution in [2.75, 3.05) is 23.3 Å². The summed E-state index contributed by atoms with van der Waals surface area (Å²) in [5.41, 5.74) is 0.679. The smallest absolute Gasteiger partial charge is 0.319 e. The minimum atomic E-state index is -0.303. The number of carbonyl (C=O) groups excluding carboxylic acids is 1. The third kappa shape index (κ3) is 4.32. The van der Waals surface area contributed by atoms with Crippen LogP contribution >= 0.6 is 11.6 Å². The van der Waals surface area contributed by atoms with E-state index in [0.29, 0.717) is 16.5 Å². The summed E-state index contributed by atoms with van der Waals surface area (Å²) in [6, 6.07) is 8.53. The van der Waals surface area contributed by atoms with Crippen LogP contribution in [0.25, 0.3) is 0 Å². The largest absolute Gasteiger partial charge is 0.357 e. The normalized spacial score (nSPS) is 13.9. The Hall–Kier alpha value is -2.34. The molecule has 120 valence electrons. The number of carbonyl (C=O) groups is 1. The number of hydrogen-bond donors (Lipinski definition) is 2. The molecule has 1 saturated heterocycles. The van der Waals surface area contributed by atoms with Crippen LogP contribution in [0.4, 0.5) is 16.3 Å². The maximum Gasteiger partial charge on any atom is 0.319 e. The molecule has 6 nitrogen and oxygen atoms in total. The van der Waals surface area contributed by atoms with Gasteiger partial charge < -0.3 is 15.5 Å². The topological polar surface area (TPSA) is 70.2 Å². The number of benzene rings is 1. The molecule has 1 aliphatic heterocycles.